The summed E-state index contributed by atoms with van der Waals surface area (Å²) in [6.45, 7) is 0.00478. The molecule has 3 atom stereocenters. The fourth-order valence-corrected chi connectivity index (χ4v) is 2.48. The number of hydrogen-bond acceptors (Lipinski definition) is 4. The highest BCUT2D eigenvalue weighted by Crippen LogP contribution is 2.58. The lowest BCUT2D eigenvalue weighted by Gasteiger charge is -2.03. The molecular formula is C11H8F3NO4. The molecule has 0 aromatic heterocycles. The Morgan fingerprint density at radius 2 is 1.95 bits per heavy atom. The van der Waals surface area contributed by atoms with Crippen LogP contribution in [0.5, 0.6) is 11.5 Å². The van der Waals surface area contributed by atoms with Gasteiger partial charge in [0.25, 0.3) is 0 Å². The molecule has 1 fully saturated rings. The summed E-state index contributed by atoms with van der Waals surface area (Å²) >= 11 is 0. The molecule has 0 radical (unpaired) electrons. The number of fused-ring (bicyclic) bond motifs is 1. The Hall–Kier alpha value is -1.99. The molecule has 1 aromatic rings. The minimum absolute atomic E-state index is 0.00478. The van der Waals surface area contributed by atoms with Crippen LogP contribution < -0.4 is 9.47 Å². The Kier molecular flexibility index (Phi) is 2.38. The average molecular weight is 275 g/mol. The molecule has 5 nitrogen and oxygen atoms in total. The molecule has 0 bridgehead atoms. The Morgan fingerprint density at radius 1 is 1.26 bits per heavy atom. The molecule has 1 aliphatic heterocycles. The van der Waals surface area contributed by atoms with Gasteiger partial charge in [0.15, 0.2) is 11.5 Å². The zero-order chi connectivity index (χ0) is 13.8. The fourth-order valence-electron chi connectivity index (χ4n) is 2.48. The number of nitro groups is 1. The van der Waals surface area contributed by atoms with Crippen LogP contribution in [0.1, 0.15) is 11.5 Å². The van der Waals surface area contributed by atoms with E-state index in [4.69, 9.17) is 9.47 Å². The van der Waals surface area contributed by atoms with Crippen LogP contribution in [0.4, 0.5) is 13.2 Å². The topological polar surface area (TPSA) is 61.6 Å². The van der Waals surface area contributed by atoms with Gasteiger partial charge in [-0.25, -0.2) is 0 Å². The number of halogens is 3. The molecule has 2 aliphatic rings. The fraction of sp³-hybridized carbons (Fsp3) is 0.455. The molecule has 1 aromatic carbocycles. The van der Waals surface area contributed by atoms with Crippen LogP contribution in [0.15, 0.2) is 18.2 Å². The molecule has 1 heterocycles. The molecule has 0 saturated heterocycles. The summed E-state index contributed by atoms with van der Waals surface area (Å²) in [6, 6.07) is 2.66. The Bertz CT molecular complexity index is 545. The predicted octanol–water partition coefficient (Wildman–Crippen LogP) is 2.34. The van der Waals surface area contributed by atoms with Crippen molar-refractivity contribution >= 4 is 0 Å². The molecular weight excluding hydrogens is 267 g/mol. The highest BCUT2D eigenvalue weighted by atomic mass is 19.4. The van der Waals surface area contributed by atoms with Gasteiger partial charge in [-0.3, -0.25) is 10.1 Å². The van der Waals surface area contributed by atoms with Crippen molar-refractivity contribution in [2.45, 2.75) is 18.1 Å². The van der Waals surface area contributed by atoms with Crippen LogP contribution >= 0.6 is 0 Å². The van der Waals surface area contributed by atoms with Gasteiger partial charge < -0.3 is 9.47 Å². The quantitative estimate of drug-likeness (QED) is 0.614. The maximum absolute atomic E-state index is 12.7. The van der Waals surface area contributed by atoms with Gasteiger partial charge in [-0.05, 0) is 17.7 Å². The maximum atomic E-state index is 12.7. The molecule has 8 heteroatoms. The normalized spacial score (nSPS) is 28.3. The van der Waals surface area contributed by atoms with E-state index in [1.165, 1.54) is 18.2 Å². The number of rotatable bonds is 2. The van der Waals surface area contributed by atoms with E-state index in [1.54, 1.807) is 0 Å². The first-order valence-electron chi connectivity index (χ1n) is 5.49. The summed E-state index contributed by atoms with van der Waals surface area (Å²) in [4.78, 5) is 9.82. The van der Waals surface area contributed by atoms with Gasteiger partial charge in [0.2, 0.25) is 12.8 Å². The molecule has 0 spiro atoms. The number of benzene rings is 1. The third-order valence-corrected chi connectivity index (χ3v) is 3.38. The first kappa shape index (κ1) is 12.1. The molecule has 19 heavy (non-hydrogen) atoms. The largest absolute Gasteiger partial charge is 0.454 e. The molecule has 1 aliphatic carbocycles. The summed E-state index contributed by atoms with van der Waals surface area (Å²) in [5.41, 5.74) is 0.258. The first-order valence-corrected chi connectivity index (χ1v) is 5.49. The van der Waals surface area contributed by atoms with E-state index in [0.29, 0.717) is 11.5 Å². The number of hydrogen-bond donors (Lipinski definition) is 0. The number of alkyl halides is 3. The van der Waals surface area contributed by atoms with Gasteiger partial charge in [-0.2, -0.15) is 13.2 Å². The van der Waals surface area contributed by atoms with Gasteiger partial charge in [0, 0.05) is 4.92 Å². The minimum atomic E-state index is -4.57. The lowest BCUT2D eigenvalue weighted by atomic mass is 10.1. The van der Waals surface area contributed by atoms with Crippen LogP contribution in [0.25, 0.3) is 0 Å². The van der Waals surface area contributed by atoms with E-state index in [0.717, 1.165) is 0 Å². The zero-order valence-corrected chi connectivity index (χ0v) is 9.39. The number of ether oxygens (including phenoxy) is 2. The summed E-state index contributed by atoms with van der Waals surface area (Å²) in [6.07, 6.45) is -4.57. The summed E-state index contributed by atoms with van der Waals surface area (Å²) < 4.78 is 48.2. The Morgan fingerprint density at radius 3 is 2.53 bits per heavy atom. The monoisotopic (exact) mass is 275 g/mol. The van der Waals surface area contributed by atoms with E-state index in [-0.39, 0.29) is 12.4 Å². The lowest BCUT2D eigenvalue weighted by molar-refractivity contribution is -0.503. The molecule has 0 N–H and O–H groups in total. The van der Waals surface area contributed by atoms with Crippen molar-refractivity contribution in [1.82, 2.24) is 0 Å². The second-order valence-corrected chi connectivity index (χ2v) is 4.48. The van der Waals surface area contributed by atoms with Crippen LogP contribution in [0.2, 0.25) is 0 Å². The van der Waals surface area contributed by atoms with Gasteiger partial charge in [-0.1, -0.05) is 6.07 Å². The van der Waals surface area contributed by atoms with Crippen LogP contribution in [-0.4, -0.2) is 23.9 Å². The van der Waals surface area contributed by atoms with Crippen molar-refractivity contribution in [3.05, 3.63) is 33.9 Å². The molecule has 102 valence electrons. The van der Waals surface area contributed by atoms with Crippen molar-refractivity contribution < 1.29 is 27.6 Å². The zero-order valence-electron chi connectivity index (χ0n) is 9.39. The van der Waals surface area contributed by atoms with Crippen molar-refractivity contribution in [1.29, 1.82) is 0 Å². The number of nitrogens with zero attached hydrogens (tertiary/aromatic N) is 1. The Labute approximate surface area is 105 Å². The highest BCUT2D eigenvalue weighted by Gasteiger charge is 2.72. The smallest absolute Gasteiger partial charge is 0.399 e. The highest BCUT2D eigenvalue weighted by molar-refractivity contribution is 5.47. The summed E-state index contributed by atoms with van der Waals surface area (Å²) in [5, 5.41) is 10.7. The third-order valence-electron chi connectivity index (χ3n) is 3.38. The van der Waals surface area contributed by atoms with E-state index in [9.17, 15) is 23.3 Å². The second-order valence-electron chi connectivity index (χ2n) is 4.48. The van der Waals surface area contributed by atoms with E-state index >= 15 is 0 Å². The van der Waals surface area contributed by atoms with E-state index in [1.807, 2.05) is 0 Å². The SMILES string of the molecule is O=[N+]([O-])[C@@H]1[C@@H](c2ccc3c(c2)OCO3)[C@H]1C(F)(F)F. The van der Waals surface area contributed by atoms with Crippen molar-refractivity contribution in [2.75, 3.05) is 6.79 Å². The van der Waals surface area contributed by atoms with Crippen LogP contribution in [0.3, 0.4) is 0 Å². The maximum Gasteiger partial charge on any atom is 0.399 e. The van der Waals surface area contributed by atoms with Crippen LogP contribution in [0, 0.1) is 16.0 Å². The Balaban J connectivity index is 1.92. The predicted molar refractivity (Wildman–Crippen MR) is 55.6 cm³/mol. The third kappa shape index (κ3) is 1.87. The summed E-state index contributed by atoms with van der Waals surface area (Å²) in [7, 11) is 0. The van der Waals surface area contributed by atoms with Gasteiger partial charge >= 0.3 is 6.18 Å². The van der Waals surface area contributed by atoms with Gasteiger partial charge in [0.1, 0.15) is 5.92 Å². The van der Waals surface area contributed by atoms with Gasteiger partial charge in [0.05, 0.1) is 5.92 Å². The van der Waals surface area contributed by atoms with Crippen molar-refractivity contribution in [3.8, 4) is 11.5 Å². The first-order chi connectivity index (χ1) is 8.89. The lowest BCUT2D eigenvalue weighted by Crippen LogP contribution is -2.17. The second kappa shape index (κ2) is 3.75. The van der Waals surface area contributed by atoms with Crippen molar-refractivity contribution in [3.63, 3.8) is 0 Å². The molecule has 1 saturated carbocycles. The minimum Gasteiger partial charge on any atom is -0.454 e. The average Bonchev–Trinajstić information content (AvgIpc) is 2.93. The summed E-state index contributed by atoms with van der Waals surface area (Å²) in [5.74, 6) is -2.31. The van der Waals surface area contributed by atoms with Crippen LogP contribution in [-0.2, 0) is 0 Å². The molecule has 0 unspecified atom stereocenters. The van der Waals surface area contributed by atoms with Crippen molar-refractivity contribution in [2.24, 2.45) is 5.92 Å². The molecule has 0 amide bonds. The van der Waals surface area contributed by atoms with Gasteiger partial charge in [-0.15, -0.1) is 0 Å². The van der Waals surface area contributed by atoms with E-state index in [2.05, 4.69) is 0 Å². The van der Waals surface area contributed by atoms with E-state index < -0.39 is 29.0 Å². The molecule has 3 rings (SSSR count). The standard InChI is InChI=1S/C11H8F3NO4/c12-11(13,14)9-8(10(9)15(16)17)5-1-2-6-7(3-5)19-4-18-6/h1-3,8-10H,4H2/t8-,9+,10+/m0/s1.